The molecule has 1 aromatic rings. The first kappa shape index (κ1) is 13.1. The van der Waals surface area contributed by atoms with Gasteiger partial charge in [-0.25, -0.2) is 0 Å². The minimum Gasteiger partial charge on any atom is -0.462 e. The number of carbonyl (C=O) groups excluding carboxylic acids is 1. The second-order valence-corrected chi connectivity index (χ2v) is 5.11. The Bertz CT molecular complexity index is 372. The average Bonchev–Trinajstić information content (AvgIpc) is 2.18. The van der Waals surface area contributed by atoms with E-state index in [-0.39, 0.29) is 12.1 Å². The molecule has 1 aromatic carbocycles. The summed E-state index contributed by atoms with van der Waals surface area (Å²) >= 11 is 1.54. The van der Waals surface area contributed by atoms with Crippen LogP contribution in [0.25, 0.3) is 0 Å². The molecule has 0 fully saturated rings. The molecule has 2 nitrogen and oxygen atoms in total. The molecule has 1 rings (SSSR count). The summed E-state index contributed by atoms with van der Waals surface area (Å²) in [6.07, 6.45) is -0.0355. The van der Waals surface area contributed by atoms with Gasteiger partial charge in [0.15, 0.2) is 0 Å². The van der Waals surface area contributed by atoms with Gasteiger partial charge in [-0.2, -0.15) is 0 Å². The minimum absolute atomic E-state index is 0.0355. The second-order valence-electron chi connectivity index (χ2n) is 4.10. The van der Waals surface area contributed by atoms with Gasteiger partial charge in [-0.15, -0.1) is 11.8 Å². The van der Waals surface area contributed by atoms with Crippen LogP contribution in [-0.2, 0) is 9.53 Å². The third-order valence-electron chi connectivity index (χ3n) is 2.06. The van der Waals surface area contributed by atoms with Crippen LogP contribution in [0.2, 0.25) is 0 Å². The van der Waals surface area contributed by atoms with E-state index in [9.17, 15) is 4.79 Å². The van der Waals surface area contributed by atoms with Crippen LogP contribution in [0.3, 0.4) is 0 Å². The summed E-state index contributed by atoms with van der Waals surface area (Å²) in [5.74, 6) is 0.226. The number of aryl methyl sites for hydroxylation is 2. The van der Waals surface area contributed by atoms with E-state index in [0.29, 0.717) is 5.75 Å². The van der Waals surface area contributed by atoms with Gasteiger partial charge in [0.1, 0.15) is 0 Å². The van der Waals surface area contributed by atoms with Gasteiger partial charge in [-0.05, 0) is 39.3 Å². The molecule has 0 saturated carbocycles. The highest BCUT2D eigenvalue weighted by molar-refractivity contribution is 8.00. The van der Waals surface area contributed by atoms with Gasteiger partial charge in [0, 0.05) is 4.90 Å². The quantitative estimate of drug-likeness (QED) is 0.594. The summed E-state index contributed by atoms with van der Waals surface area (Å²) in [6.45, 7) is 7.83. The number of carbonyl (C=O) groups is 1. The summed E-state index contributed by atoms with van der Waals surface area (Å²) < 4.78 is 5.08. The highest BCUT2D eigenvalue weighted by atomic mass is 32.2. The summed E-state index contributed by atoms with van der Waals surface area (Å²) in [7, 11) is 0. The number of ether oxygens (including phenoxy) is 1. The Balaban J connectivity index is 2.54. The average molecular weight is 238 g/mol. The molecule has 0 aliphatic heterocycles. The maximum atomic E-state index is 11.4. The highest BCUT2D eigenvalue weighted by Gasteiger charge is 2.07. The molecule has 0 amide bonds. The van der Waals surface area contributed by atoms with Crippen molar-refractivity contribution in [1.82, 2.24) is 0 Å². The SMILES string of the molecule is Cc1ccc(C)c(SCC(=O)OC(C)C)c1. The first-order valence-corrected chi connectivity index (χ1v) is 6.37. The van der Waals surface area contributed by atoms with Crippen molar-refractivity contribution < 1.29 is 9.53 Å². The lowest BCUT2D eigenvalue weighted by Crippen LogP contribution is -2.13. The summed E-state index contributed by atoms with van der Waals surface area (Å²) in [5.41, 5.74) is 2.42. The van der Waals surface area contributed by atoms with Crippen molar-refractivity contribution in [1.29, 1.82) is 0 Å². The molecule has 0 unspecified atom stereocenters. The number of benzene rings is 1. The zero-order valence-corrected chi connectivity index (χ0v) is 11.1. The molecule has 0 N–H and O–H groups in total. The van der Waals surface area contributed by atoms with Crippen LogP contribution in [-0.4, -0.2) is 17.8 Å². The van der Waals surface area contributed by atoms with E-state index in [1.807, 2.05) is 13.8 Å². The van der Waals surface area contributed by atoms with Crippen molar-refractivity contribution in [2.75, 3.05) is 5.75 Å². The first-order valence-electron chi connectivity index (χ1n) is 5.38. The van der Waals surface area contributed by atoms with Gasteiger partial charge in [0.05, 0.1) is 11.9 Å². The molecule has 0 heterocycles. The lowest BCUT2D eigenvalue weighted by Gasteiger charge is -2.09. The van der Waals surface area contributed by atoms with Crippen LogP contribution in [0.1, 0.15) is 25.0 Å². The van der Waals surface area contributed by atoms with Crippen LogP contribution in [0, 0.1) is 13.8 Å². The molecule has 3 heteroatoms. The smallest absolute Gasteiger partial charge is 0.316 e. The Kier molecular flexibility index (Phi) is 4.87. The Morgan fingerprint density at radius 3 is 2.69 bits per heavy atom. The molecule has 0 atom stereocenters. The fourth-order valence-electron chi connectivity index (χ4n) is 1.30. The van der Waals surface area contributed by atoms with Crippen LogP contribution in [0.15, 0.2) is 23.1 Å². The second kappa shape index (κ2) is 5.94. The molecule has 0 aromatic heterocycles. The highest BCUT2D eigenvalue weighted by Crippen LogP contribution is 2.23. The number of esters is 1. The van der Waals surface area contributed by atoms with Crippen molar-refractivity contribution in [3.05, 3.63) is 29.3 Å². The molecule has 0 radical (unpaired) electrons. The lowest BCUT2D eigenvalue weighted by molar-refractivity contribution is -0.144. The van der Waals surface area contributed by atoms with E-state index < -0.39 is 0 Å². The molecule has 88 valence electrons. The van der Waals surface area contributed by atoms with Gasteiger partial charge in [0.25, 0.3) is 0 Å². The third-order valence-corrected chi connectivity index (χ3v) is 3.19. The standard InChI is InChI=1S/C13H18O2S/c1-9(2)15-13(14)8-16-12-7-10(3)5-6-11(12)4/h5-7,9H,8H2,1-4H3. The number of thioether (sulfide) groups is 1. The largest absolute Gasteiger partial charge is 0.462 e. The van der Waals surface area contributed by atoms with Crippen molar-refractivity contribution >= 4 is 17.7 Å². The zero-order valence-electron chi connectivity index (χ0n) is 10.2. The molecular formula is C13H18O2S. The fraction of sp³-hybridized carbons (Fsp3) is 0.462. The monoisotopic (exact) mass is 238 g/mol. The number of hydrogen-bond acceptors (Lipinski definition) is 3. The van der Waals surface area contributed by atoms with Crippen molar-refractivity contribution in [2.45, 2.75) is 38.7 Å². The Labute approximate surface area is 101 Å². The summed E-state index contributed by atoms with van der Waals surface area (Å²) in [6, 6.07) is 6.25. The van der Waals surface area contributed by atoms with Crippen molar-refractivity contribution in [3.63, 3.8) is 0 Å². The summed E-state index contributed by atoms with van der Waals surface area (Å²) in [5, 5.41) is 0. The maximum Gasteiger partial charge on any atom is 0.316 e. The van der Waals surface area contributed by atoms with E-state index in [1.54, 1.807) is 0 Å². The number of rotatable bonds is 4. The topological polar surface area (TPSA) is 26.3 Å². The van der Waals surface area contributed by atoms with Gasteiger partial charge in [-0.3, -0.25) is 4.79 Å². The lowest BCUT2D eigenvalue weighted by atomic mass is 10.2. The molecule has 0 bridgehead atoms. The van der Waals surface area contributed by atoms with Crippen LogP contribution in [0.5, 0.6) is 0 Å². The van der Waals surface area contributed by atoms with E-state index in [2.05, 4.69) is 32.0 Å². The van der Waals surface area contributed by atoms with Gasteiger partial charge in [-0.1, -0.05) is 17.7 Å². The molecule has 0 aliphatic rings. The molecule has 0 aliphatic carbocycles. The first-order chi connectivity index (χ1) is 7.49. The van der Waals surface area contributed by atoms with Crippen LogP contribution >= 0.6 is 11.8 Å². The van der Waals surface area contributed by atoms with Gasteiger partial charge >= 0.3 is 5.97 Å². The summed E-state index contributed by atoms with van der Waals surface area (Å²) in [4.78, 5) is 12.5. The number of hydrogen-bond donors (Lipinski definition) is 0. The van der Waals surface area contributed by atoms with E-state index >= 15 is 0 Å². The van der Waals surface area contributed by atoms with E-state index in [1.165, 1.54) is 22.9 Å². The normalized spacial score (nSPS) is 10.6. The van der Waals surface area contributed by atoms with Crippen LogP contribution < -0.4 is 0 Å². The molecule has 0 spiro atoms. The third kappa shape index (κ3) is 4.27. The van der Waals surface area contributed by atoms with Gasteiger partial charge in [0.2, 0.25) is 0 Å². The van der Waals surface area contributed by atoms with Crippen molar-refractivity contribution in [2.24, 2.45) is 0 Å². The molecular weight excluding hydrogens is 220 g/mol. The molecule has 0 saturated heterocycles. The van der Waals surface area contributed by atoms with E-state index in [0.717, 1.165) is 4.90 Å². The minimum atomic E-state index is -0.152. The maximum absolute atomic E-state index is 11.4. The van der Waals surface area contributed by atoms with Crippen LogP contribution in [0.4, 0.5) is 0 Å². The Morgan fingerprint density at radius 1 is 1.38 bits per heavy atom. The van der Waals surface area contributed by atoms with Crippen molar-refractivity contribution in [3.8, 4) is 0 Å². The van der Waals surface area contributed by atoms with Gasteiger partial charge < -0.3 is 4.74 Å². The zero-order chi connectivity index (χ0) is 12.1. The Hall–Kier alpha value is -0.960. The molecule has 16 heavy (non-hydrogen) atoms. The predicted molar refractivity (Wildman–Crippen MR) is 67.9 cm³/mol. The Morgan fingerprint density at radius 2 is 2.06 bits per heavy atom. The van der Waals surface area contributed by atoms with E-state index in [4.69, 9.17) is 4.74 Å². The predicted octanol–water partition coefficient (Wildman–Crippen LogP) is 3.35. The fourth-order valence-corrected chi connectivity index (χ4v) is 2.20.